The van der Waals surface area contributed by atoms with Crippen molar-refractivity contribution < 1.29 is 24.0 Å². The lowest BCUT2D eigenvalue weighted by atomic mass is 10.0. The molecule has 0 saturated carbocycles. The lowest BCUT2D eigenvalue weighted by molar-refractivity contribution is -0.136. The van der Waals surface area contributed by atoms with Crippen LogP contribution in [0, 0.1) is 0 Å². The van der Waals surface area contributed by atoms with Crippen LogP contribution in [0.15, 0.2) is 12.1 Å². The maximum Gasteiger partial charge on any atom is 0.262 e. The van der Waals surface area contributed by atoms with Gasteiger partial charge in [-0.2, -0.15) is 0 Å². The third-order valence-electron chi connectivity index (χ3n) is 5.34. The summed E-state index contributed by atoms with van der Waals surface area (Å²) in [6, 6.07) is 2.55. The molecule has 0 aromatic heterocycles. The fraction of sp³-hybridized carbons (Fsp3) is 0.421. The molecule has 27 heavy (non-hydrogen) atoms. The molecule has 1 aromatic carbocycles. The van der Waals surface area contributed by atoms with Crippen LogP contribution in [0.2, 0.25) is 0 Å². The molecule has 1 saturated heterocycles. The number of benzene rings is 1. The fourth-order valence-corrected chi connectivity index (χ4v) is 3.99. The Labute approximate surface area is 155 Å². The van der Waals surface area contributed by atoms with Crippen LogP contribution in [-0.4, -0.2) is 52.3 Å². The van der Waals surface area contributed by atoms with Gasteiger partial charge < -0.3 is 4.79 Å². The second kappa shape index (κ2) is 6.70. The number of hydrogen-bond acceptors (Lipinski definition) is 6. The van der Waals surface area contributed by atoms with E-state index in [1.54, 1.807) is 12.1 Å². The van der Waals surface area contributed by atoms with Gasteiger partial charge in [0.05, 0.1) is 11.1 Å². The molecule has 0 radical (unpaired) electrons. The SMILES string of the molecule is O=CCCCN1Cc2cc3c(cc2C1)C(=O)N(C1CCC(=O)NC1=O)C3=O. The van der Waals surface area contributed by atoms with E-state index in [-0.39, 0.29) is 18.7 Å². The summed E-state index contributed by atoms with van der Waals surface area (Å²) in [6.45, 7) is 2.12. The van der Waals surface area contributed by atoms with E-state index in [9.17, 15) is 24.0 Å². The summed E-state index contributed by atoms with van der Waals surface area (Å²) in [6.07, 6.45) is 2.45. The number of nitrogens with zero attached hydrogens (tertiary/aromatic N) is 2. The van der Waals surface area contributed by atoms with Gasteiger partial charge in [0.2, 0.25) is 11.8 Å². The minimum absolute atomic E-state index is 0.107. The lowest BCUT2D eigenvalue weighted by Crippen LogP contribution is -2.54. The molecule has 140 valence electrons. The number of nitrogens with one attached hydrogen (secondary N) is 1. The molecular formula is C19H19N3O5. The Morgan fingerprint density at radius 3 is 2.22 bits per heavy atom. The molecule has 0 aliphatic carbocycles. The summed E-state index contributed by atoms with van der Waals surface area (Å²) in [4.78, 5) is 62.7. The highest BCUT2D eigenvalue weighted by atomic mass is 16.2. The number of carbonyl (C=O) groups excluding carboxylic acids is 5. The van der Waals surface area contributed by atoms with Gasteiger partial charge in [-0.15, -0.1) is 0 Å². The van der Waals surface area contributed by atoms with Crippen molar-refractivity contribution in [3.05, 3.63) is 34.4 Å². The molecular weight excluding hydrogens is 350 g/mol. The highest BCUT2D eigenvalue weighted by Gasteiger charge is 2.45. The predicted molar refractivity (Wildman–Crippen MR) is 92.5 cm³/mol. The second-order valence-electron chi connectivity index (χ2n) is 7.13. The van der Waals surface area contributed by atoms with Crippen LogP contribution in [0.5, 0.6) is 0 Å². The van der Waals surface area contributed by atoms with Crippen LogP contribution in [0.1, 0.15) is 57.5 Å². The zero-order valence-corrected chi connectivity index (χ0v) is 14.7. The number of unbranched alkanes of at least 4 members (excludes halogenated alkanes) is 1. The van der Waals surface area contributed by atoms with Gasteiger partial charge in [-0.25, -0.2) is 0 Å². The summed E-state index contributed by atoms with van der Waals surface area (Å²) in [5.74, 6) is -1.95. The molecule has 3 aliphatic rings. The zero-order valence-electron chi connectivity index (χ0n) is 14.7. The van der Waals surface area contributed by atoms with E-state index in [1.165, 1.54) is 0 Å². The van der Waals surface area contributed by atoms with E-state index in [4.69, 9.17) is 0 Å². The largest absolute Gasteiger partial charge is 0.303 e. The minimum Gasteiger partial charge on any atom is -0.303 e. The van der Waals surface area contributed by atoms with Gasteiger partial charge in [0, 0.05) is 25.9 Å². The van der Waals surface area contributed by atoms with E-state index >= 15 is 0 Å². The van der Waals surface area contributed by atoms with Crippen molar-refractivity contribution >= 4 is 29.9 Å². The van der Waals surface area contributed by atoms with Crippen molar-refractivity contribution in [2.75, 3.05) is 6.54 Å². The standard InChI is InChI=1S/C19H19N3O5/c23-6-2-1-5-21-9-11-7-13-14(8-12(11)10-21)19(27)22(18(13)26)15-3-4-16(24)20-17(15)25/h6-8,15H,1-5,9-10H2,(H,20,24,25). The maximum atomic E-state index is 12.8. The van der Waals surface area contributed by atoms with Crippen molar-refractivity contribution in [2.45, 2.75) is 44.8 Å². The van der Waals surface area contributed by atoms with E-state index in [1.807, 2.05) is 0 Å². The number of imide groups is 2. The zero-order chi connectivity index (χ0) is 19.1. The minimum atomic E-state index is -0.940. The third-order valence-corrected chi connectivity index (χ3v) is 5.34. The van der Waals surface area contributed by atoms with Crippen LogP contribution >= 0.6 is 0 Å². The fourth-order valence-electron chi connectivity index (χ4n) is 3.99. The highest BCUT2D eigenvalue weighted by molar-refractivity contribution is 6.23. The quantitative estimate of drug-likeness (QED) is 0.457. The Morgan fingerprint density at radius 2 is 1.67 bits per heavy atom. The highest BCUT2D eigenvalue weighted by Crippen LogP contribution is 2.33. The molecule has 1 atom stereocenters. The van der Waals surface area contributed by atoms with Gasteiger partial charge in [-0.3, -0.25) is 34.3 Å². The van der Waals surface area contributed by atoms with Crippen molar-refractivity contribution in [3.63, 3.8) is 0 Å². The monoisotopic (exact) mass is 369 g/mol. The number of aldehydes is 1. The van der Waals surface area contributed by atoms with Gasteiger partial charge in [0.1, 0.15) is 12.3 Å². The molecule has 4 rings (SSSR count). The summed E-state index contributed by atoms with van der Waals surface area (Å²) in [5.41, 5.74) is 2.62. The number of rotatable bonds is 5. The Hall–Kier alpha value is -2.87. The van der Waals surface area contributed by atoms with Gasteiger partial charge in [-0.05, 0) is 42.6 Å². The van der Waals surface area contributed by atoms with E-state index in [0.29, 0.717) is 30.6 Å². The smallest absolute Gasteiger partial charge is 0.262 e. The number of piperidine rings is 1. The molecule has 8 nitrogen and oxygen atoms in total. The Balaban J connectivity index is 1.55. The van der Waals surface area contributed by atoms with E-state index in [0.717, 1.165) is 35.3 Å². The first-order chi connectivity index (χ1) is 13.0. The van der Waals surface area contributed by atoms with Crippen molar-refractivity contribution in [2.24, 2.45) is 0 Å². The molecule has 4 amide bonds. The van der Waals surface area contributed by atoms with Crippen LogP contribution in [0.3, 0.4) is 0 Å². The van der Waals surface area contributed by atoms with Crippen LogP contribution < -0.4 is 5.32 Å². The normalized spacial score (nSPS) is 22.1. The number of carbonyl (C=O) groups is 5. The Morgan fingerprint density at radius 1 is 1.04 bits per heavy atom. The number of hydrogen-bond donors (Lipinski definition) is 1. The molecule has 3 aliphatic heterocycles. The lowest BCUT2D eigenvalue weighted by Gasteiger charge is -2.27. The van der Waals surface area contributed by atoms with Crippen LogP contribution in [-0.2, 0) is 27.5 Å². The van der Waals surface area contributed by atoms with E-state index in [2.05, 4.69) is 10.2 Å². The molecule has 1 N–H and O–H groups in total. The Kier molecular flexibility index (Phi) is 4.35. The summed E-state index contributed by atoms with van der Waals surface area (Å²) in [5, 5.41) is 2.19. The van der Waals surface area contributed by atoms with E-state index < -0.39 is 23.8 Å². The van der Waals surface area contributed by atoms with Crippen molar-refractivity contribution in [3.8, 4) is 0 Å². The van der Waals surface area contributed by atoms with Gasteiger partial charge in [-0.1, -0.05) is 0 Å². The van der Waals surface area contributed by atoms with Crippen molar-refractivity contribution in [1.29, 1.82) is 0 Å². The summed E-state index contributed by atoms with van der Waals surface area (Å²) < 4.78 is 0. The number of amides is 4. The second-order valence-corrected chi connectivity index (χ2v) is 7.13. The first-order valence-electron chi connectivity index (χ1n) is 9.03. The topological polar surface area (TPSA) is 104 Å². The first kappa shape index (κ1) is 17.5. The molecule has 8 heteroatoms. The Bertz CT molecular complexity index is 833. The average Bonchev–Trinajstić information content (AvgIpc) is 3.13. The molecule has 3 heterocycles. The predicted octanol–water partition coefficient (Wildman–Crippen LogP) is 0.382. The van der Waals surface area contributed by atoms with Crippen LogP contribution in [0.4, 0.5) is 0 Å². The van der Waals surface area contributed by atoms with Crippen molar-refractivity contribution in [1.82, 2.24) is 15.1 Å². The molecule has 1 aromatic rings. The van der Waals surface area contributed by atoms with Gasteiger partial charge in [0.15, 0.2) is 0 Å². The molecule has 0 spiro atoms. The number of fused-ring (bicyclic) bond motifs is 2. The molecule has 0 bridgehead atoms. The van der Waals surface area contributed by atoms with Gasteiger partial charge in [0.25, 0.3) is 11.8 Å². The summed E-state index contributed by atoms with van der Waals surface area (Å²) >= 11 is 0. The summed E-state index contributed by atoms with van der Waals surface area (Å²) in [7, 11) is 0. The third kappa shape index (κ3) is 2.95. The maximum absolute atomic E-state index is 12.8. The molecule has 1 fully saturated rings. The van der Waals surface area contributed by atoms with Gasteiger partial charge >= 0.3 is 0 Å². The first-order valence-corrected chi connectivity index (χ1v) is 9.03. The molecule has 1 unspecified atom stereocenters. The average molecular weight is 369 g/mol. The van der Waals surface area contributed by atoms with Crippen LogP contribution in [0.25, 0.3) is 0 Å².